The van der Waals surface area contributed by atoms with Gasteiger partial charge in [0.1, 0.15) is 5.75 Å². The molecule has 0 aliphatic heterocycles. The number of anilines is 1. The van der Waals surface area contributed by atoms with Crippen molar-refractivity contribution in [3.05, 3.63) is 113 Å². The Morgan fingerprint density at radius 2 is 1.56 bits per heavy atom. The first-order chi connectivity index (χ1) is 15.6. The van der Waals surface area contributed by atoms with Crippen molar-refractivity contribution in [2.24, 2.45) is 5.73 Å². The largest absolute Gasteiger partial charge is 0.497 e. The van der Waals surface area contributed by atoms with Crippen LogP contribution in [0.3, 0.4) is 0 Å². The number of thiazole rings is 1. The summed E-state index contributed by atoms with van der Waals surface area (Å²) < 4.78 is 5.20. The zero-order valence-corrected chi connectivity index (χ0v) is 18.6. The van der Waals surface area contributed by atoms with Gasteiger partial charge in [0.05, 0.1) is 24.8 Å². The third-order valence-electron chi connectivity index (χ3n) is 5.27. The number of rotatable bonds is 8. The monoisotopic (exact) mass is 443 g/mol. The second-order valence-electron chi connectivity index (χ2n) is 7.48. The highest BCUT2D eigenvalue weighted by Gasteiger charge is 2.24. The summed E-state index contributed by atoms with van der Waals surface area (Å²) in [5.74, 6) is 0.275. The van der Waals surface area contributed by atoms with Crippen LogP contribution in [0.1, 0.15) is 34.3 Å². The van der Waals surface area contributed by atoms with E-state index in [4.69, 9.17) is 10.5 Å². The van der Waals surface area contributed by atoms with E-state index in [9.17, 15) is 4.79 Å². The Labute approximate surface area is 191 Å². The summed E-state index contributed by atoms with van der Waals surface area (Å²) in [7, 11) is 1.64. The molecule has 0 saturated carbocycles. The van der Waals surface area contributed by atoms with Gasteiger partial charge in [-0.05, 0) is 35.2 Å². The fourth-order valence-electron chi connectivity index (χ4n) is 3.60. The van der Waals surface area contributed by atoms with Gasteiger partial charge in [-0.1, -0.05) is 72.8 Å². The molecule has 1 unspecified atom stereocenters. The van der Waals surface area contributed by atoms with Crippen LogP contribution in [0.5, 0.6) is 5.75 Å². The molecule has 32 heavy (non-hydrogen) atoms. The van der Waals surface area contributed by atoms with E-state index in [1.165, 1.54) is 11.3 Å². The minimum absolute atomic E-state index is 0.118. The van der Waals surface area contributed by atoms with Gasteiger partial charge in [-0.15, -0.1) is 11.3 Å². The predicted octanol–water partition coefficient (Wildman–Crippen LogP) is 5.16. The lowest BCUT2D eigenvalue weighted by atomic mass is 9.90. The molecule has 0 aliphatic rings. The van der Waals surface area contributed by atoms with Crippen LogP contribution in [0, 0.1) is 0 Å². The third kappa shape index (κ3) is 5.22. The number of amides is 1. The number of carbonyl (C=O) groups excluding carboxylic acids is 1. The van der Waals surface area contributed by atoms with Gasteiger partial charge in [0, 0.05) is 5.38 Å². The van der Waals surface area contributed by atoms with Crippen molar-refractivity contribution >= 4 is 22.4 Å². The zero-order valence-electron chi connectivity index (χ0n) is 17.8. The van der Waals surface area contributed by atoms with Gasteiger partial charge in [-0.2, -0.15) is 0 Å². The molecular formula is C26H25N3O2S. The number of benzene rings is 3. The maximum atomic E-state index is 13.3. The number of nitrogens with zero attached hydrogens (tertiary/aromatic N) is 1. The van der Waals surface area contributed by atoms with Gasteiger partial charge >= 0.3 is 0 Å². The minimum atomic E-state index is -0.419. The average molecular weight is 444 g/mol. The van der Waals surface area contributed by atoms with E-state index in [-0.39, 0.29) is 11.9 Å². The molecule has 4 rings (SSSR count). The Morgan fingerprint density at radius 3 is 2.12 bits per heavy atom. The Balaban J connectivity index is 1.48. The average Bonchev–Trinajstić information content (AvgIpc) is 3.30. The summed E-state index contributed by atoms with van der Waals surface area (Å²) in [5.41, 5.74) is 10.1. The summed E-state index contributed by atoms with van der Waals surface area (Å²) >= 11 is 1.39. The van der Waals surface area contributed by atoms with Crippen LogP contribution in [0.25, 0.3) is 0 Å². The highest BCUT2D eigenvalue weighted by Crippen LogP contribution is 2.28. The minimum Gasteiger partial charge on any atom is -0.497 e. The van der Waals surface area contributed by atoms with Gasteiger partial charge in [0.25, 0.3) is 0 Å². The van der Waals surface area contributed by atoms with Crippen molar-refractivity contribution in [2.75, 3.05) is 12.4 Å². The van der Waals surface area contributed by atoms with Crippen molar-refractivity contribution in [1.29, 1.82) is 0 Å². The number of methoxy groups -OCH3 is 1. The van der Waals surface area contributed by atoms with Crippen LogP contribution in [0.15, 0.2) is 90.3 Å². The number of aromatic nitrogens is 1. The highest BCUT2D eigenvalue weighted by atomic mass is 32.1. The van der Waals surface area contributed by atoms with E-state index in [1.807, 2.05) is 90.3 Å². The summed E-state index contributed by atoms with van der Waals surface area (Å²) in [4.78, 5) is 17.8. The molecule has 5 nitrogen and oxygen atoms in total. The molecular weight excluding hydrogens is 418 g/mol. The Kier molecular flexibility index (Phi) is 6.94. The van der Waals surface area contributed by atoms with E-state index in [2.05, 4.69) is 10.3 Å². The molecule has 1 atom stereocenters. The van der Waals surface area contributed by atoms with E-state index in [0.717, 1.165) is 28.1 Å². The molecule has 1 aromatic heterocycles. The third-order valence-corrected chi connectivity index (χ3v) is 6.05. The fourth-order valence-corrected chi connectivity index (χ4v) is 4.38. The van der Waals surface area contributed by atoms with Crippen LogP contribution in [0.2, 0.25) is 0 Å². The van der Waals surface area contributed by atoms with Crippen LogP contribution >= 0.6 is 11.3 Å². The summed E-state index contributed by atoms with van der Waals surface area (Å²) in [5, 5.41) is 5.44. The molecule has 0 aliphatic carbocycles. The SMILES string of the molecule is COc1ccc(CC(N)c2csc(NC(=O)C(c3ccccc3)c3ccccc3)n2)cc1. The lowest BCUT2D eigenvalue weighted by molar-refractivity contribution is -0.116. The lowest BCUT2D eigenvalue weighted by Crippen LogP contribution is -2.22. The second-order valence-corrected chi connectivity index (χ2v) is 8.34. The predicted molar refractivity (Wildman–Crippen MR) is 129 cm³/mol. The van der Waals surface area contributed by atoms with E-state index in [0.29, 0.717) is 11.6 Å². The fraction of sp³-hybridized carbons (Fsp3) is 0.154. The summed E-state index contributed by atoms with van der Waals surface area (Å²) in [6, 6.07) is 27.1. The number of nitrogens with one attached hydrogen (secondary N) is 1. The zero-order chi connectivity index (χ0) is 22.3. The van der Waals surface area contributed by atoms with Crippen LogP contribution < -0.4 is 15.8 Å². The Hall–Kier alpha value is -3.48. The van der Waals surface area contributed by atoms with Crippen molar-refractivity contribution in [1.82, 2.24) is 4.98 Å². The Morgan fingerprint density at radius 1 is 0.969 bits per heavy atom. The lowest BCUT2D eigenvalue weighted by Gasteiger charge is -2.17. The number of ether oxygens (including phenoxy) is 1. The van der Waals surface area contributed by atoms with Gasteiger partial charge in [-0.25, -0.2) is 4.98 Å². The molecule has 162 valence electrons. The number of carbonyl (C=O) groups is 1. The molecule has 3 N–H and O–H groups in total. The Bertz CT molecular complexity index is 1110. The number of hydrogen-bond acceptors (Lipinski definition) is 5. The van der Waals surface area contributed by atoms with Gasteiger partial charge < -0.3 is 15.8 Å². The molecule has 1 heterocycles. The first-order valence-electron chi connectivity index (χ1n) is 10.4. The summed E-state index contributed by atoms with van der Waals surface area (Å²) in [6.45, 7) is 0. The van der Waals surface area contributed by atoms with E-state index >= 15 is 0 Å². The van der Waals surface area contributed by atoms with E-state index < -0.39 is 5.92 Å². The van der Waals surface area contributed by atoms with Crippen LogP contribution in [0.4, 0.5) is 5.13 Å². The molecule has 0 bridgehead atoms. The maximum absolute atomic E-state index is 13.3. The molecule has 0 fully saturated rings. The standard InChI is InChI=1S/C26H25N3O2S/c1-31-21-14-12-18(13-15-21)16-22(27)23-17-32-26(28-23)29-25(30)24(19-8-4-2-5-9-19)20-10-6-3-7-11-20/h2-15,17,22,24H,16,27H2,1H3,(H,28,29,30). The van der Waals surface area contributed by atoms with Crippen LogP contribution in [-0.4, -0.2) is 18.0 Å². The molecule has 0 radical (unpaired) electrons. The van der Waals surface area contributed by atoms with Gasteiger partial charge in [-0.3, -0.25) is 4.79 Å². The molecule has 3 aromatic carbocycles. The van der Waals surface area contributed by atoms with Crippen molar-refractivity contribution in [3.8, 4) is 5.75 Å². The maximum Gasteiger partial charge on any atom is 0.238 e. The quantitative estimate of drug-likeness (QED) is 0.394. The highest BCUT2D eigenvalue weighted by molar-refractivity contribution is 7.13. The van der Waals surface area contributed by atoms with Crippen molar-refractivity contribution in [2.45, 2.75) is 18.4 Å². The van der Waals surface area contributed by atoms with Gasteiger partial charge in [0.15, 0.2) is 5.13 Å². The molecule has 6 heteroatoms. The summed E-state index contributed by atoms with van der Waals surface area (Å²) in [6.07, 6.45) is 0.651. The number of nitrogens with two attached hydrogens (primary N) is 1. The second kappa shape index (κ2) is 10.2. The molecule has 4 aromatic rings. The smallest absolute Gasteiger partial charge is 0.238 e. The molecule has 1 amide bonds. The normalized spacial score (nSPS) is 11.8. The van der Waals surface area contributed by atoms with Gasteiger partial charge in [0.2, 0.25) is 5.91 Å². The van der Waals surface area contributed by atoms with Crippen molar-refractivity contribution < 1.29 is 9.53 Å². The topological polar surface area (TPSA) is 77.2 Å². The van der Waals surface area contributed by atoms with Crippen LogP contribution in [-0.2, 0) is 11.2 Å². The van der Waals surface area contributed by atoms with Crippen molar-refractivity contribution in [3.63, 3.8) is 0 Å². The number of hydrogen-bond donors (Lipinski definition) is 2. The first-order valence-corrected chi connectivity index (χ1v) is 11.3. The molecule has 0 spiro atoms. The van der Waals surface area contributed by atoms with E-state index in [1.54, 1.807) is 7.11 Å². The molecule has 0 saturated heterocycles. The first kappa shape index (κ1) is 21.7.